The van der Waals surface area contributed by atoms with Crippen molar-refractivity contribution < 1.29 is 39.6 Å². The molecule has 0 saturated heterocycles. The fourth-order valence-corrected chi connectivity index (χ4v) is 0. The Morgan fingerprint density at radius 1 is 1.00 bits per heavy atom. The summed E-state index contributed by atoms with van der Waals surface area (Å²) in [6.07, 6.45) is 0. The third-order valence-electron chi connectivity index (χ3n) is 0. The predicted molar refractivity (Wildman–Crippen MR) is 12.5 cm³/mol. The summed E-state index contributed by atoms with van der Waals surface area (Å²) < 4.78 is 0. The van der Waals surface area contributed by atoms with Crippen LogP contribution in [0, 0.1) is 0 Å². The van der Waals surface area contributed by atoms with Crippen LogP contribution in [0.25, 0.3) is 0 Å². The van der Waals surface area contributed by atoms with E-state index in [1.165, 1.54) is 0 Å². The van der Waals surface area contributed by atoms with Crippen LogP contribution in [0.3, 0.4) is 0 Å². The van der Waals surface area contributed by atoms with E-state index in [9.17, 15) is 0 Å². The molecule has 0 nitrogen and oxygen atoms in total. The molecule has 0 aliphatic rings. The van der Waals surface area contributed by atoms with Gasteiger partial charge in [0.05, 0.1) is 0 Å². The molecular formula is CH4SiVW. The average Bonchev–Trinajstić information content (AvgIpc) is 0. The van der Waals surface area contributed by atoms with Crippen LogP contribution < -0.4 is 0 Å². The Kier molecular flexibility index (Phi) is 307. The molecule has 0 amide bonds. The first kappa shape index (κ1) is 49.9. The minimum absolute atomic E-state index is 0. The van der Waals surface area contributed by atoms with Crippen LogP contribution in [0.4, 0.5) is 0 Å². The van der Waals surface area contributed by atoms with Crippen molar-refractivity contribution in [3.63, 3.8) is 0 Å². The molecule has 0 aromatic rings. The van der Waals surface area contributed by atoms with Crippen LogP contribution in [0.1, 0.15) is 7.43 Å². The SMILES string of the molecule is C.[Si].[V].[W]. The van der Waals surface area contributed by atoms with Gasteiger partial charge in [0.1, 0.15) is 0 Å². The molecule has 0 heterocycles. The van der Waals surface area contributed by atoms with Gasteiger partial charge in [0.2, 0.25) is 0 Å². The van der Waals surface area contributed by atoms with E-state index in [0.29, 0.717) is 0 Å². The first-order valence-electron chi connectivity index (χ1n) is 0. The molecule has 0 fully saturated rings. The summed E-state index contributed by atoms with van der Waals surface area (Å²) in [6, 6.07) is 0. The van der Waals surface area contributed by atoms with E-state index in [-0.39, 0.29) is 58.0 Å². The Balaban J connectivity index is 0. The molecule has 0 rings (SSSR count). The Labute approximate surface area is 57.9 Å². The molecule has 5 radical (unpaired) electrons. The molecule has 0 aromatic heterocycles. The normalized spacial score (nSPS) is 0. The van der Waals surface area contributed by atoms with Gasteiger partial charge in [-0.15, -0.1) is 0 Å². The van der Waals surface area contributed by atoms with Gasteiger partial charge in [0.15, 0.2) is 0 Å². The molecule has 0 bridgehead atoms. The van der Waals surface area contributed by atoms with Gasteiger partial charge >= 0.3 is 0 Å². The predicted octanol–water partition coefficient (Wildman–Crippen LogP) is 0.250. The second kappa shape index (κ2) is 24.6. The van der Waals surface area contributed by atoms with E-state index in [4.69, 9.17) is 0 Å². The molecule has 3 heteroatoms. The second-order valence-corrected chi connectivity index (χ2v) is 0. The van der Waals surface area contributed by atoms with E-state index >= 15 is 0 Å². The van der Waals surface area contributed by atoms with Gasteiger partial charge in [-0.2, -0.15) is 0 Å². The largest absolute Gasteiger partial charge is 0.0776 e. The average molecular weight is 279 g/mol. The van der Waals surface area contributed by atoms with Crippen molar-refractivity contribution in [2.75, 3.05) is 0 Å². The smallest absolute Gasteiger partial charge is 0 e. The van der Waals surface area contributed by atoms with E-state index < -0.39 is 0 Å². The molecule has 0 N–H and O–H groups in total. The monoisotopic (exact) mass is 279 g/mol. The zero-order valence-corrected chi connectivity index (χ0v) is 6.69. The van der Waals surface area contributed by atoms with Gasteiger partial charge in [0, 0.05) is 50.6 Å². The maximum Gasteiger partial charge on any atom is 0 e. The third kappa shape index (κ3) is 9.75. The third-order valence-corrected chi connectivity index (χ3v) is 0. The van der Waals surface area contributed by atoms with Crippen molar-refractivity contribution in [2.24, 2.45) is 0 Å². The second-order valence-electron chi connectivity index (χ2n) is 0. The summed E-state index contributed by atoms with van der Waals surface area (Å²) in [5.74, 6) is 0. The fraction of sp³-hybridized carbons (Fsp3) is 1.00. The fourth-order valence-electron chi connectivity index (χ4n) is 0. The van der Waals surface area contributed by atoms with Gasteiger partial charge in [0.25, 0.3) is 0 Å². The molecule has 0 unspecified atom stereocenters. The Morgan fingerprint density at radius 3 is 1.00 bits per heavy atom. The van der Waals surface area contributed by atoms with Gasteiger partial charge in [-0.25, -0.2) is 0 Å². The zero-order valence-electron chi connectivity index (χ0n) is 1.36. The maximum absolute atomic E-state index is 0. The molecule has 4 heavy (non-hydrogen) atoms. The van der Waals surface area contributed by atoms with Gasteiger partial charge < -0.3 is 0 Å². The zero-order chi connectivity index (χ0) is 0. The van der Waals surface area contributed by atoms with Crippen molar-refractivity contribution in [1.29, 1.82) is 0 Å². The molecule has 0 spiro atoms. The van der Waals surface area contributed by atoms with Crippen molar-refractivity contribution in [1.82, 2.24) is 0 Å². The minimum Gasteiger partial charge on any atom is -0.0776 e. The Morgan fingerprint density at radius 2 is 1.00 bits per heavy atom. The summed E-state index contributed by atoms with van der Waals surface area (Å²) in [4.78, 5) is 0. The minimum atomic E-state index is 0. The van der Waals surface area contributed by atoms with Crippen LogP contribution >= 0.6 is 0 Å². The van der Waals surface area contributed by atoms with Crippen molar-refractivity contribution in [2.45, 2.75) is 7.43 Å². The van der Waals surface area contributed by atoms with Crippen molar-refractivity contribution in [3.05, 3.63) is 0 Å². The molecule has 0 aromatic carbocycles. The van der Waals surface area contributed by atoms with E-state index in [1.54, 1.807) is 0 Å². The standard InChI is InChI=1S/CH4.Si.V.W/h1H4;;;. The Hall–Kier alpha value is 1.49. The first-order valence-corrected chi connectivity index (χ1v) is 0. The van der Waals surface area contributed by atoms with Crippen LogP contribution in [-0.4, -0.2) is 11.0 Å². The topological polar surface area (TPSA) is 0 Å². The van der Waals surface area contributed by atoms with Gasteiger partial charge in [-0.1, -0.05) is 7.43 Å². The molecule has 0 saturated carbocycles. The van der Waals surface area contributed by atoms with E-state index in [0.717, 1.165) is 0 Å². The number of rotatable bonds is 0. The van der Waals surface area contributed by atoms with Crippen LogP contribution in [0.2, 0.25) is 0 Å². The van der Waals surface area contributed by atoms with Crippen LogP contribution in [-0.2, 0) is 39.6 Å². The first-order chi connectivity index (χ1) is 0. The number of hydrogen-bond acceptors (Lipinski definition) is 0. The van der Waals surface area contributed by atoms with Crippen molar-refractivity contribution in [3.8, 4) is 0 Å². The van der Waals surface area contributed by atoms with Crippen molar-refractivity contribution >= 4 is 11.0 Å². The van der Waals surface area contributed by atoms with Gasteiger partial charge in [-0.3, -0.25) is 0 Å². The molecule has 0 atom stereocenters. The molecular weight excluding hydrogens is 275 g/mol. The Bertz CT molecular complexity index is 8.00. The van der Waals surface area contributed by atoms with E-state index in [1.807, 2.05) is 0 Å². The molecule has 0 aliphatic heterocycles. The quantitative estimate of drug-likeness (QED) is 0.558. The molecule has 23 valence electrons. The maximum atomic E-state index is 0. The summed E-state index contributed by atoms with van der Waals surface area (Å²) in [7, 11) is 0. The van der Waals surface area contributed by atoms with Crippen LogP contribution in [0.5, 0.6) is 0 Å². The summed E-state index contributed by atoms with van der Waals surface area (Å²) in [6.45, 7) is 0. The summed E-state index contributed by atoms with van der Waals surface area (Å²) in [5.41, 5.74) is 0. The summed E-state index contributed by atoms with van der Waals surface area (Å²) >= 11 is 0. The number of hydrogen-bond donors (Lipinski definition) is 0. The van der Waals surface area contributed by atoms with Crippen LogP contribution in [0.15, 0.2) is 0 Å². The van der Waals surface area contributed by atoms with E-state index in [2.05, 4.69) is 0 Å². The summed E-state index contributed by atoms with van der Waals surface area (Å²) in [5, 5.41) is 0. The molecule has 0 aliphatic carbocycles. The van der Waals surface area contributed by atoms with Gasteiger partial charge in [-0.05, 0) is 0 Å².